The van der Waals surface area contributed by atoms with Gasteiger partial charge in [0.2, 0.25) is 0 Å². The van der Waals surface area contributed by atoms with Crippen molar-refractivity contribution < 1.29 is 9.53 Å². The Morgan fingerprint density at radius 1 is 1.33 bits per heavy atom. The number of rotatable bonds is 5. The van der Waals surface area contributed by atoms with Crippen molar-refractivity contribution in [2.24, 2.45) is 0 Å². The zero-order valence-corrected chi connectivity index (χ0v) is 12.1. The van der Waals surface area contributed by atoms with Crippen LogP contribution in [0.5, 0.6) is 0 Å². The molecule has 2 rings (SSSR count). The summed E-state index contributed by atoms with van der Waals surface area (Å²) in [5.41, 5.74) is 1.40. The summed E-state index contributed by atoms with van der Waals surface area (Å²) < 4.78 is 5.29. The van der Waals surface area contributed by atoms with E-state index in [9.17, 15) is 4.79 Å². The van der Waals surface area contributed by atoms with Crippen LogP contribution in [0, 0.1) is 11.3 Å². The Bertz CT molecular complexity index is 485. The van der Waals surface area contributed by atoms with Crippen LogP contribution < -0.4 is 10.6 Å². The zero-order chi connectivity index (χ0) is 14.9. The van der Waals surface area contributed by atoms with E-state index in [2.05, 4.69) is 16.7 Å². The number of benzene rings is 1. The van der Waals surface area contributed by atoms with Crippen molar-refractivity contribution in [3.63, 3.8) is 0 Å². The Morgan fingerprint density at radius 3 is 2.90 bits per heavy atom. The van der Waals surface area contributed by atoms with Crippen LogP contribution in [0.15, 0.2) is 24.3 Å². The summed E-state index contributed by atoms with van der Waals surface area (Å²) in [5, 5.41) is 15.1. The second kappa shape index (κ2) is 8.28. The number of esters is 1. The van der Waals surface area contributed by atoms with Gasteiger partial charge in [0.25, 0.3) is 0 Å². The summed E-state index contributed by atoms with van der Waals surface area (Å²) >= 11 is 0. The fraction of sp³-hybridized carbons (Fsp3) is 0.500. The number of carbonyl (C=O) groups is 1. The lowest BCUT2D eigenvalue weighted by Gasteiger charge is -2.16. The van der Waals surface area contributed by atoms with Gasteiger partial charge in [-0.2, -0.15) is 5.26 Å². The summed E-state index contributed by atoms with van der Waals surface area (Å²) in [4.78, 5) is 11.7. The molecule has 1 aromatic carbocycles. The molecular formula is C16H21N3O2. The van der Waals surface area contributed by atoms with Crippen LogP contribution in [0.2, 0.25) is 0 Å². The van der Waals surface area contributed by atoms with Crippen LogP contribution in [-0.4, -0.2) is 31.7 Å². The van der Waals surface area contributed by atoms with Gasteiger partial charge >= 0.3 is 5.97 Å². The molecule has 0 aromatic heterocycles. The molecule has 1 fully saturated rings. The molecule has 0 aliphatic carbocycles. The second-order valence-corrected chi connectivity index (χ2v) is 5.23. The summed E-state index contributed by atoms with van der Waals surface area (Å²) in [6, 6.07) is 9.31. The average Bonchev–Trinajstić information content (AvgIpc) is 2.80. The molecule has 1 heterocycles. The number of hydrogen-bond acceptors (Lipinski definition) is 5. The molecule has 112 valence electrons. The molecule has 1 saturated heterocycles. The third kappa shape index (κ3) is 5.44. The van der Waals surface area contributed by atoms with Gasteiger partial charge in [0.05, 0.1) is 11.6 Å². The van der Waals surface area contributed by atoms with Gasteiger partial charge in [0.15, 0.2) is 0 Å². The lowest BCUT2D eigenvalue weighted by atomic mass is 10.1. The first-order chi connectivity index (χ1) is 10.3. The number of nitrogens with zero attached hydrogens (tertiary/aromatic N) is 1. The average molecular weight is 287 g/mol. The third-order valence-electron chi connectivity index (χ3n) is 3.56. The van der Waals surface area contributed by atoms with Crippen LogP contribution >= 0.6 is 0 Å². The molecule has 0 saturated carbocycles. The quantitative estimate of drug-likeness (QED) is 0.811. The Hall–Kier alpha value is -2.06. The third-order valence-corrected chi connectivity index (χ3v) is 3.56. The number of nitrogens with one attached hydrogen (secondary N) is 2. The van der Waals surface area contributed by atoms with Crippen LogP contribution in [0.3, 0.4) is 0 Å². The highest BCUT2D eigenvalue weighted by molar-refractivity contribution is 5.75. The highest BCUT2D eigenvalue weighted by atomic mass is 16.5. The van der Waals surface area contributed by atoms with Crippen molar-refractivity contribution >= 4 is 11.7 Å². The smallest absolute Gasteiger partial charge is 0.325 e. The summed E-state index contributed by atoms with van der Waals surface area (Å²) in [6.45, 7) is 1.58. The van der Waals surface area contributed by atoms with E-state index in [1.54, 1.807) is 24.3 Å². The van der Waals surface area contributed by atoms with E-state index in [1.165, 1.54) is 19.3 Å². The number of nitriles is 1. The zero-order valence-electron chi connectivity index (χ0n) is 12.1. The molecule has 1 atom stereocenters. The normalized spacial score (nSPS) is 18.3. The SMILES string of the molecule is N#Cc1ccc(NCC(=O)OC[C@H]2CCCCCN2)cc1. The van der Waals surface area contributed by atoms with Gasteiger partial charge in [-0.25, -0.2) is 0 Å². The minimum absolute atomic E-state index is 0.138. The molecule has 0 radical (unpaired) electrons. The van der Waals surface area contributed by atoms with Crippen molar-refractivity contribution in [3.8, 4) is 6.07 Å². The standard InChI is InChI=1S/C16H21N3O2/c17-10-13-5-7-14(8-6-13)19-11-16(20)21-12-15-4-2-1-3-9-18-15/h5-8,15,18-19H,1-4,9,11-12H2/t15-/m1/s1. The number of carbonyl (C=O) groups excluding carboxylic acids is 1. The lowest BCUT2D eigenvalue weighted by Crippen LogP contribution is -2.34. The molecule has 0 bridgehead atoms. The highest BCUT2D eigenvalue weighted by Gasteiger charge is 2.13. The van der Waals surface area contributed by atoms with Crippen molar-refractivity contribution in [2.45, 2.75) is 31.7 Å². The lowest BCUT2D eigenvalue weighted by molar-refractivity contribution is -0.142. The maximum absolute atomic E-state index is 11.7. The molecule has 1 aromatic rings. The Balaban J connectivity index is 1.68. The summed E-state index contributed by atoms with van der Waals surface area (Å²) in [6.07, 6.45) is 4.71. The van der Waals surface area contributed by atoms with E-state index in [0.717, 1.165) is 18.7 Å². The van der Waals surface area contributed by atoms with Crippen molar-refractivity contribution in [1.29, 1.82) is 5.26 Å². The maximum Gasteiger partial charge on any atom is 0.325 e. The largest absolute Gasteiger partial charge is 0.463 e. The second-order valence-electron chi connectivity index (χ2n) is 5.23. The molecule has 0 amide bonds. The van der Waals surface area contributed by atoms with E-state index in [1.807, 2.05) is 0 Å². The predicted octanol–water partition coefficient (Wildman–Crippen LogP) is 2.05. The van der Waals surface area contributed by atoms with Gasteiger partial charge in [-0.3, -0.25) is 4.79 Å². The van der Waals surface area contributed by atoms with Gasteiger partial charge in [-0.1, -0.05) is 12.8 Å². The van der Waals surface area contributed by atoms with Gasteiger partial charge < -0.3 is 15.4 Å². The molecule has 5 heteroatoms. The molecule has 5 nitrogen and oxygen atoms in total. The Labute approximate surface area is 125 Å². The fourth-order valence-electron chi connectivity index (χ4n) is 2.32. The summed E-state index contributed by atoms with van der Waals surface area (Å²) in [5.74, 6) is -0.259. The van der Waals surface area contributed by atoms with Crippen LogP contribution in [0.4, 0.5) is 5.69 Å². The first-order valence-electron chi connectivity index (χ1n) is 7.41. The van der Waals surface area contributed by atoms with Crippen LogP contribution in [-0.2, 0) is 9.53 Å². The molecular weight excluding hydrogens is 266 g/mol. The molecule has 0 spiro atoms. The minimum Gasteiger partial charge on any atom is -0.463 e. The number of hydrogen-bond donors (Lipinski definition) is 2. The fourth-order valence-corrected chi connectivity index (χ4v) is 2.32. The van der Waals surface area contributed by atoms with E-state index < -0.39 is 0 Å². The van der Waals surface area contributed by atoms with Crippen molar-refractivity contribution in [1.82, 2.24) is 5.32 Å². The van der Waals surface area contributed by atoms with Gasteiger partial charge in [-0.15, -0.1) is 0 Å². The first-order valence-corrected chi connectivity index (χ1v) is 7.41. The van der Waals surface area contributed by atoms with Crippen LogP contribution in [0.1, 0.15) is 31.2 Å². The van der Waals surface area contributed by atoms with E-state index in [0.29, 0.717) is 12.2 Å². The maximum atomic E-state index is 11.7. The van der Waals surface area contributed by atoms with Gasteiger partial charge in [0.1, 0.15) is 13.2 Å². The van der Waals surface area contributed by atoms with Crippen molar-refractivity contribution in [3.05, 3.63) is 29.8 Å². The molecule has 1 aliphatic heterocycles. The number of anilines is 1. The molecule has 0 unspecified atom stereocenters. The van der Waals surface area contributed by atoms with E-state index in [4.69, 9.17) is 10.00 Å². The van der Waals surface area contributed by atoms with Gasteiger partial charge in [-0.05, 0) is 43.7 Å². The van der Waals surface area contributed by atoms with Crippen LogP contribution in [0.25, 0.3) is 0 Å². The molecule has 2 N–H and O–H groups in total. The minimum atomic E-state index is -0.259. The Kier molecular flexibility index (Phi) is 6.04. The summed E-state index contributed by atoms with van der Waals surface area (Å²) in [7, 11) is 0. The monoisotopic (exact) mass is 287 g/mol. The predicted molar refractivity (Wildman–Crippen MR) is 80.9 cm³/mol. The number of ether oxygens (including phenoxy) is 1. The molecule has 21 heavy (non-hydrogen) atoms. The Morgan fingerprint density at radius 2 is 2.14 bits per heavy atom. The van der Waals surface area contributed by atoms with Crippen molar-refractivity contribution in [2.75, 3.05) is 25.0 Å². The topological polar surface area (TPSA) is 74.2 Å². The van der Waals surface area contributed by atoms with Gasteiger partial charge in [0, 0.05) is 11.7 Å². The van der Waals surface area contributed by atoms with E-state index in [-0.39, 0.29) is 18.6 Å². The highest BCUT2D eigenvalue weighted by Crippen LogP contribution is 2.10. The van der Waals surface area contributed by atoms with E-state index >= 15 is 0 Å². The molecule has 1 aliphatic rings. The first kappa shape index (κ1) is 15.3.